The summed E-state index contributed by atoms with van der Waals surface area (Å²) in [5, 5.41) is 27.5. The van der Waals surface area contributed by atoms with Gasteiger partial charge >= 0.3 is 0 Å². The lowest BCUT2D eigenvalue weighted by Gasteiger charge is -2.03. The second-order valence-electron chi connectivity index (χ2n) is 5.43. The lowest BCUT2D eigenvalue weighted by Crippen LogP contribution is -1.97. The number of rotatable bonds is 5. The first-order valence-corrected chi connectivity index (χ1v) is 9.48. The fourth-order valence-corrected chi connectivity index (χ4v) is 3.90. The molecule has 0 aliphatic carbocycles. The van der Waals surface area contributed by atoms with E-state index >= 15 is 0 Å². The van der Waals surface area contributed by atoms with Crippen molar-refractivity contribution in [1.82, 2.24) is 24.8 Å². The van der Waals surface area contributed by atoms with Crippen LogP contribution < -0.4 is 0 Å². The molecule has 130 valence electrons. The van der Waals surface area contributed by atoms with Crippen LogP contribution in [0.25, 0.3) is 16.9 Å². The van der Waals surface area contributed by atoms with E-state index in [1.807, 2.05) is 12.3 Å². The van der Waals surface area contributed by atoms with Crippen molar-refractivity contribution in [3.8, 4) is 11.3 Å². The Kier molecular flexibility index (Phi) is 4.35. The minimum atomic E-state index is -0.419. The molecule has 3 aromatic heterocycles. The molecule has 0 fully saturated rings. The second-order valence-corrected chi connectivity index (χ2v) is 7.43. The Bertz CT molecular complexity index is 1110. The highest BCUT2D eigenvalue weighted by Crippen LogP contribution is 2.25. The molecule has 4 aromatic rings. The van der Waals surface area contributed by atoms with Gasteiger partial charge in [-0.15, -0.1) is 21.5 Å². The van der Waals surface area contributed by atoms with Gasteiger partial charge in [0.1, 0.15) is 0 Å². The average molecular weight is 384 g/mol. The highest BCUT2D eigenvalue weighted by atomic mass is 32.2. The number of benzene rings is 1. The van der Waals surface area contributed by atoms with E-state index in [0.717, 1.165) is 10.7 Å². The molecular formula is C16H12N6O2S2. The first-order chi connectivity index (χ1) is 12.6. The van der Waals surface area contributed by atoms with Crippen LogP contribution in [-0.4, -0.2) is 29.7 Å². The molecule has 1 aromatic carbocycles. The van der Waals surface area contributed by atoms with Crippen LogP contribution in [0.4, 0.5) is 5.69 Å². The van der Waals surface area contributed by atoms with Crippen molar-refractivity contribution in [2.24, 2.45) is 0 Å². The summed E-state index contributed by atoms with van der Waals surface area (Å²) in [5.74, 6) is 0.674. The number of hydrogen-bond donors (Lipinski definition) is 0. The largest absolute Gasteiger partial charge is 0.270 e. The molecule has 0 aliphatic heterocycles. The molecule has 0 aliphatic rings. The van der Waals surface area contributed by atoms with Crippen molar-refractivity contribution in [3.05, 3.63) is 62.6 Å². The molecule has 0 radical (unpaired) electrons. The van der Waals surface area contributed by atoms with E-state index in [9.17, 15) is 10.1 Å². The van der Waals surface area contributed by atoms with E-state index in [2.05, 4.69) is 20.3 Å². The smallest absolute Gasteiger partial charge is 0.258 e. The van der Waals surface area contributed by atoms with Crippen molar-refractivity contribution in [2.75, 3.05) is 0 Å². The van der Waals surface area contributed by atoms with Gasteiger partial charge in [0.2, 0.25) is 5.16 Å². The standard InChI is InChI=1S/C16H12N6O2S2/c1-10-17-12(8-25-10)9-26-16-19-18-15-6-5-14(20-21(15)16)11-3-2-4-13(7-11)22(23)24/h2-8H,9H2,1H3. The quantitative estimate of drug-likeness (QED) is 0.293. The molecule has 0 atom stereocenters. The van der Waals surface area contributed by atoms with Crippen molar-refractivity contribution < 1.29 is 4.92 Å². The predicted octanol–water partition coefficient (Wildman–Crippen LogP) is 3.76. The number of aryl methyl sites for hydroxylation is 1. The van der Waals surface area contributed by atoms with E-state index in [0.29, 0.717) is 27.8 Å². The topological polar surface area (TPSA) is 99.1 Å². The van der Waals surface area contributed by atoms with Crippen LogP contribution in [0, 0.1) is 17.0 Å². The summed E-state index contributed by atoms with van der Waals surface area (Å²) < 4.78 is 1.65. The first kappa shape index (κ1) is 16.6. The molecule has 0 saturated carbocycles. The number of thioether (sulfide) groups is 1. The van der Waals surface area contributed by atoms with Gasteiger partial charge in [0, 0.05) is 28.8 Å². The Balaban J connectivity index is 1.66. The maximum atomic E-state index is 11.0. The summed E-state index contributed by atoms with van der Waals surface area (Å²) in [6.07, 6.45) is 0. The summed E-state index contributed by atoms with van der Waals surface area (Å²) in [5.41, 5.74) is 2.93. The maximum Gasteiger partial charge on any atom is 0.270 e. The summed E-state index contributed by atoms with van der Waals surface area (Å²) in [6.45, 7) is 1.97. The Morgan fingerprint density at radius 1 is 1.27 bits per heavy atom. The zero-order valence-electron chi connectivity index (χ0n) is 13.6. The van der Waals surface area contributed by atoms with Crippen LogP contribution in [0.15, 0.2) is 46.9 Å². The fourth-order valence-electron chi connectivity index (χ4n) is 2.40. The molecule has 4 rings (SSSR count). The van der Waals surface area contributed by atoms with E-state index in [-0.39, 0.29) is 5.69 Å². The van der Waals surface area contributed by atoms with Crippen molar-refractivity contribution in [1.29, 1.82) is 0 Å². The van der Waals surface area contributed by atoms with Gasteiger partial charge in [0.15, 0.2) is 5.65 Å². The van der Waals surface area contributed by atoms with Crippen molar-refractivity contribution in [3.63, 3.8) is 0 Å². The first-order valence-electron chi connectivity index (χ1n) is 7.61. The van der Waals surface area contributed by atoms with Gasteiger partial charge in [-0.25, -0.2) is 4.98 Å². The summed E-state index contributed by atoms with van der Waals surface area (Å²) in [6, 6.07) is 9.97. The number of nitro groups is 1. The van der Waals surface area contributed by atoms with Crippen LogP contribution in [0.5, 0.6) is 0 Å². The van der Waals surface area contributed by atoms with Gasteiger partial charge < -0.3 is 0 Å². The monoisotopic (exact) mass is 384 g/mol. The van der Waals surface area contributed by atoms with E-state index in [4.69, 9.17) is 0 Å². The van der Waals surface area contributed by atoms with E-state index < -0.39 is 4.92 Å². The van der Waals surface area contributed by atoms with Gasteiger partial charge in [-0.05, 0) is 19.1 Å². The molecule has 0 N–H and O–H groups in total. The highest BCUT2D eigenvalue weighted by molar-refractivity contribution is 7.98. The van der Waals surface area contributed by atoms with Crippen LogP contribution in [0.3, 0.4) is 0 Å². The molecule has 0 unspecified atom stereocenters. The van der Waals surface area contributed by atoms with Gasteiger partial charge in [0.25, 0.3) is 5.69 Å². The van der Waals surface area contributed by atoms with Crippen LogP contribution in [0.2, 0.25) is 0 Å². The Labute approximate surface area is 156 Å². The van der Waals surface area contributed by atoms with E-state index in [1.54, 1.807) is 40.1 Å². The van der Waals surface area contributed by atoms with Crippen LogP contribution in [-0.2, 0) is 5.75 Å². The Hall–Kier alpha value is -2.85. The summed E-state index contributed by atoms with van der Waals surface area (Å²) >= 11 is 3.11. The van der Waals surface area contributed by atoms with Crippen LogP contribution in [0.1, 0.15) is 10.7 Å². The minimum absolute atomic E-state index is 0.0293. The third-order valence-electron chi connectivity index (χ3n) is 3.60. The number of nitrogens with zero attached hydrogens (tertiary/aromatic N) is 6. The highest BCUT2D eigenvalue weighted by Gasteiger charge is 2.12. The lowest BCUT2D eigenvalue weighted by molar-refractivity contribution is -0.384. The minimum Gasteiger partial charge on any atom is -0.258 e. The zero-order valence-corrected chi connectivity index (χ0v) is 15.2. The fraction of sp³-hybridized carbons (Fsp3) is 0.125. The van der Waals surface area contributed by atoms with Gasteiger partial charge in [-0.2, -0.15) is 9.61 Å². The molecule has 0 bridgehead atoms. The third-order valence-corrected chi connectivity index (χ3v) is 5.38. The molecule has 10 heteroatoms. The van der Waals surface area contributed by atoms with Gasteiger partial charge in [-0.1, -0.05) is 23.9 Å². The van der Waals surface area contributed by atoms with E-state index in [1.165, 1.54) is 23.9 Å². The normalized spacial score (nSPS) is 11.1. The maximum absolute atomic E-state index is 11.0. The Morgan fingerprint density at radius 2 is 2.15 bits per heavy atom. The Morgan fingerprint density at radius 3 is 2.92 bits per heavy atom. The third kappa shape index (κ3) is 3.28. The number of hydrogen-bond acceptors (Lipinski definition) is 8. The average Bonchev–Trinajstić information content (AvgIpc) is 3.25. The molecule has 8 nitrogen and oxygen atoms in total. The second kappa shape index (κ2) is 6.81. The molecule has 0 saturated heterocycles. The number of aromatic nitrogens is 5. The number of fused-ring (bicyclic) bond motifs is 1. The summed E-state index contributed by atoms with van der Waals surface area (Å²) in [4.78, 5) is 15.0. The number of thiazole rings is 1. The number of nitro benzene ring substituents is 1. The zero-order chi connectivity index (χ0) is 18.1. The summed E-state index contributed by atoms with van der Waals surface area (Å²) in [7, 11) is 0. The SMILES string of the molecule is Cc1nc(CSc2nnc3ccc(-c4cccc([N+](=O)[O-])c4)nn23)cs1. The molecular weight excluding hydrogens is 372 g/mol. The molecule has 26 heavy (non-hydrogen) atoms. The molecule has 0 spiro atoms. The molecule has 0 amide bonds. The van der Waals surface area contributed by atoms with Gasteiger partial charge in [-0.3, -0.25) is 10.1 Å². The predicted molar refractivity (Wildman–Crippen MR) is 99.3 cm³/mol. The van der Waals surface area contributed by atoms with Crippen molar-refractivity contribution in [2.45, 2.75) is 17.8 Å². The van der Waals surface area contributed by atoms with Crippen molar-refractivity contribution >= 4 is 34.4 Å². The van der Waals surface area contributed by atoms with Crippen LogP contribution >= 0.6 is 23.1 Å². The molecule has 3 heterocycles. The number of non-ortho nitro benzene ring substituents is 1. The lowest BCUT2D eigenvalue weighted by atomic mass is 10.1. The van der Waals surface area contributed by atoms with Gasteiger partial charge in [0.05, 0.1) is 21.3 Å².